The van der Waals surface area contributed by atoms with Gasteiger partial charge in [-0.15, -0.1) is 5.10 Å². The Hall–Kier alpha value is -3.26. The van der Waals surface area contributed by atoms with Crippen molar-refractivity contribution in [1.29, 1.82) is 0 Å². The highest BCUT2D eigenvalue weighted by molar-refractivity contribution is 7.03. The SMILES string of the molecule is COc1ccc(N(C(=O)c2csnn2)[C@@H](C(=O)NC2CCCC2)c2ccccc2)cc1. The summed E-state index contributed by atoms with van der Waals surface area (Å²) in [6, 6.07) is 15.7. The van der Waals surface area contributed by atoms with Crippen molar-refractivity contribution in [1.82, 2.24) is 14.9 Å². The van der Waals surface area contributed by atoms with Crippen LogP contribution in [0.1, 0.15) is 47.8 Å². The van der Waals surface area contributed by atoms with Gasteiger partial charge in [0.2, 0.25) is 5.91 Å². The highest BCUT2D eigenvalue weighted by Gasteiger charge is 2.35. The molecule has 1 aliphatic rings. The van der Waals surface area contributed by atoms with E-state index in [0.717, 1.165) is 42.8 Å². The van der Waals surface area contributed by atoms with Crippen molar-refractivity contribution >= 4 is 29.0 Å². The normalized spacial score (nSPS) is 14.7. The topological polar surface area (TPSA) is 84.4 Å². The number of methoxy groups -OCH3 is 1. The Balaban J connectivity index is 1.77. The first-order valence-corrected chi connectivity index (χ1v) is 11.1. The van der Waals surface area contributed by atoms with Gasteiger partial charge in [0, 0.05) is 17.1 Å². The Morgan fingerprint density at radius 1 is 1.10 bits per heavy atom. The largest absolute Gasteiger partial charge is 0.497 e. The van der Waals surface area contributed by atoms with Gasteiger partial charge in [0.25, 0.3) is 5.91 Å². The van der Waals surface area contributed by atoms with E-state index in [4.69, 9.17) is 4.74 Å². The summed E-state index contributed by atoms with van der Waals surface area (Å²) in [6.45, 7) is 0. The Morgan fingerprint density at radius 3 is 2.42 bits per heavy atom. The number of hydrogen-bond acceptors (Lipinski definition) is 6. The molecule has 1 aromatic heterocycles. The summed E-state index contributed by atoms with van der Waals surface area (Å²) < 4.78 is 9.09. The molecule has 31 heavy (non-hydrogen) atoms. The van der Waals surface area contributed by atoms with Gasteiger partial charge in [0.15, 0.2) is 5.69 Å². The second-order valence-corrected chi connectivity index (χ2v) is 8.08. The highest BCUT2D eigenvalue weighted by Crippen LogP contribution is 2.31. The van der Waals surface area contributed by atoms with Crippen molar-refractivity contribution in [3.8, 4) is 5.75 Å². The molecule has 0 spiro atoms. The van der Waals surface area contributed by atoms with Crippen molar-refractivity contribution in [2.24, 2.45) is 0 Å². The maximum Gasteiger partial charge on any atom is 0.280 e. The second kappa shape index (κ2) is 9.70. The van der Waals surface area contributed by atoms with E-state index < -0.39 is 6.04 Å². The van der Waals surface area contributed by atoms with E-state index in [9.17, 15) is 9.59 Å². The summed E-state index contributed by atoms with van der Waals surface area (Å²) in [5.41, 5.74) is 1.51. The number of hydrogen-bond donors (Lipinski definition) is 1. The van der Waals surface area contributed by atoms with Crippen LogP contribution < -0.4 is 15.0 Å². The zero-order valence-corrected chi connectivity index (χ0v) is 18.0. The van der Waals surface area contributed by atoms with Crippen molar-refractivity contribution < 1.29 is 14.3 Å². The standard InChI is InChI=1S/C23H24N4O3S/c1-30-19-13-11-18(12-14-19)27(23(29)20-15-31-26-25-20)21(16-7-3-2-4-8-16)22(28)24-17-9-5-6-10-17/h2-4,7-8,11-15,17,21H,5-6,9-10H2,1H3,(H,24,28)/t21-/m1/s1. The lowest BCUT2D eigenvalue weighted by atomic mass is 10.0. The van der Waals surface area contributed by atoms with E-state index in [-0.39, 0.29) is 23.6 Å². The number of rotatable bonds is 7. The summed E-state index contributed by atoms with van der Waals surface area (Å²) in [5, 5.41) is 8.71. The zero-order valence-electron chi connectivity index (χ0n) is 17.2. The van der Waals surface area contributed by atoms with Gasteiger partial charge in [0.1, 0.15) is 11.8 Å². The molecule has 0 aliphatic heterocycles. The van der Waals surface area contributed by atoms with Gasteiger partial charge in [-0.05, 0) is 54.2 Å². The smallest absolute Gasteiger partial charge is 0.280 e. The number of amides is 2. The van der Waals surface area contributed by atoms with Crippen LogP contribution in [0.2, 0.25) is 0 Å². The van der Waals surface area contributed by atoms with E-state index in [1.54, 1.807) is 36.8 Å². The van der Waals surface area contributed by atoms with Crippen molar-refractivity contribution in [3.05, 3.63) is 71.2 Å². The molecule has 0 unspecified atom stereocenters. The number of benzene rings is 2. The molecule has 3 aromatic rings. The summed E-state index contributed by atoms with van der Waals surface area (Å²) >= 11 is 1.10. The van der Waals surface area contributed by atoms with E-state index in [1.807, 2.05) is 30.3 Å². The van der Waals surface area contributed by atoms with E-state index in [1.165, 1.54) is 4.90 Å². The van der Waals surface area contributed by atoms with Crippen LogP contribution in [0, 0.1) is 0 Å². The monoisotopic (exact) mass is 436 g/mol. The molecule has 8 heteroatoms. The van der Waals surface area contributed by atoms with Crippen molar-refractivity contribution in [2.75, 3.05) is 12.0 Å². The lowest BCUT2D eigenvalue weighted by Gasteiger charge is -2.32. The van der Waals surface area contributed by atoms with Gasteiger partial charge in [-0.2, -0.15) is 0 Å². The van der Waals surface area contributed by atoms with Crippen LogP contribution in [0.5, 0.6) is 5.75 Å². The maximum atomic E-state index is 13.5. The van der Waals surface area contributed by atoms with Crippen LogP contribution in [0.3, 0.4) is 0 Å². The molecule has 160 valence electrons. The molecule has 0 bridgehead atoms. The van der Waals surface area contributed by atoms with Crippen LogP contribution in [0.15, 0.2) is 60.0 Å². The molecule has 4 rings (SSSR count). The van der Waals surface area contributed by atoms with Crippen LogP contribution in [0.4, 0.5) is 5.69 Å². The predicted octanol–water partition coefficient (Wildman–Crippen LogP) is 3.99. The first-order chi connectivity index (χ1) is 15.2. The number of anilines is 1. The first-order valence-electron chi connectivity index (χ1n) is 10.3. The molecule has 1 aliphatic carbocycles. The molecule has 1 heterocycles. The Morgan fingerprint density at radius 2 is 1.81 bits per heavy atom. The lowest BCUT2D eigenvalue weighted by molar-refractivity contribution is -0.123. The Kier molecular flexibility index (Phi) is 6.57. The minimum absolute atomic E-state index is 0.132. The third-order valence-corrected chi connectivity index (χ3v) is 5.98. The van der Waals surface area contributed by atoms with Gasteiger partial charge >= 0.3 is 0 Å². The Bertz CT molecular complexity index is 1000. The van der Waals surface area contributed by atoms with E-state index in [2.05, 4.69) is 14.9 Å². The molecule has 1 atom stereocenters. The molecule has 2 amide bonds. The summed E-state index contributed by atoms with van der Waals surface area (Å²) in [7, 11) is 1.58. The predicted molar refractivity (Wildman–Crippen MR) is 119 cm³/mol. The minimum atomic E-state index is -0.843. The fraction of sp³-hybridized carbons (Fsp3) is 0.304. The number of nitrogens with one attached hydrogen (secondary N) is 1. The molecular weight excluding hydrogens is 412 g/mol. The van der Waals surface area contributed by atoms with Gasteiger partial charge in [-0.1, -0.05) is 47.7 Å². The number of carbonyl (C=O) groups is 2. The summed E-state index contributed by atoms with van der Waals surface area (Å²) in [5.74, 6) is 0.0814. The average molecular weight is 437 g/mol. The number of nitrogens with zero attached hydrogens (tertiary/aromatic N) is 3. The number of ether oxygens (including phenoxy) is 1. The van der Waals surface area contributed by atoms with Gasteiger partial charge in [0.05, 0.1) is 7.11 Å². The Labute approximate surface area is 185 Å². The third kappa shape index (κ3) is 4.74. The molecule has 1 saturated carbocycles. The van der Waals surface area contributed by atoms with Crippen LogP contribution in [0.25, 0.3) is 0 Å². The molecule has 1 N–H and O–H groups in total. The summed E-state index contributed by atoms with van der Waals surface area (Å²) in [4.78, 5) is 28.6. The van der Waals surface area contributed by atoms with Crippen LogP contribution in [-0.4, -0.2) is 34.6 Å². The van der Waals surface area contributed by atoms with Crippen molar-refractivity contribution in [3.63, 3.8) is 0 Å². The molecule has 0 radical (unpaired) electrons. The molecular formula is C23H24N4O3S. The van der Waals surface area contributed by atoms with E-state index in [0.29, 0.717) is 11.4 Å². The second-order valence-electron chi connectivity index (χ2n) is 7.47. The van der Waals surface area contributed by atoms with Crippen LogP contribution in [-0.2, 0) is 4.79 Å². The average Bonchev–Trinajstić information content (AvgIpc) is 3.52. The van der Waals surface area contributed by atoms with E-state index >= 15 is 0 Å². The maximum absolute atomic E-state index is 13.5. The quantitative estimate of drug-likeness (QED) is 0.605. The first kappa shape index (κ1) is 21.0. The molecule has 0 saturated heterocycles. The molecule has 2 aromatic carbocycles. The van der Waals surface area contributed by atoms with Gasteiger partial charge < -0.3 is 10.1 Å². The van der Waals surface area contributed by atoms with Crippen molar-refractivity contribution in [2.45, 2.75) is 37.8 Å². The summed E-state index contributed by atoms with van der Waals surface area (Å²) in [6.07, 6.45) is 4.12. The van der Waals surface area contributed by atoms with Crippen LogP contribution >= 0.6 is 11.5 Å². The fourth-order valence-electron chi connectivity index (χ4n) is 3.91. The third-order valence-electron chi connectivity index (χ3n) is 5.47. The lowest BCUT2D eigenvalue weighted by Crippen LogP contribution is -2.46. The number of carbonyl (C=O) groups excluding carboxylic acids is 2. The fourth-order valence-corrected chi connectivity index (χ4v) is 4.34. The zero-order chi connectivity index (χ0) is 21.6. The molecule has 1 fully saturated rings. The number of aromatic nitrogens is 2. The highest BCUT2D eigenvalue weighted by atomic mass is 32.1. The minimum Gasteiger partial charge on any atom is -0.497 e. The van der Waals surface area contributed by atoms with Gasteiger partial charge in [-0.3, -0.25) is 14.5 Å². The van der Waals surface area contributed by atoms with Gasteiger partial charge in [-0.25, -0.2) is 0 Å². The molecule has 7 nitrogen and oxygen atoms in total.